The first kappa shape index (κ1) is 25.8. The van der Waals surface area contributed by atoms with E-state index in [1.807, 2.05) is 0 Å². The Morgan fingerprint density at radius 1 is 1.06 bits per heavy atom. The number of amides is 1. The number of hydrogen-bond acceptors (Lipinski definition) is 4. The van der Waals surface area contributed by atoms with Crippen LogP contribution in [0.25, 0.3) is 0 Å². The number of hydrogen-bond donors (Lipinski definition) is 3. The fourth-order valence-corrected chi connectivity index (χ4v) is 3.04. The van der Waals surface area contributed by atoms with Gasteiger partial charge in [0.25, 0.3) is 5.91 Å². The molecule has 0 radical (unpaired) electrons. The van der Waals surface area contributed by atoms with Crippen LogP contribution in [0.5, 0.6) is 11.5 Å². The molecule has 1 saturated carbocycles. The third kappa shape index (κ3) is 8.22. The second-order valence-corrected chi connectivity index (χ2v) is 7.70. The Morgan fingerprint density at radius 3 is 2.44 bits per heavy atom. The molecule has 32 heavy (non-hydrogen) atoms. The summed E-state index contributed by atoms with van der Waals surface area (Å²) < 4.78 is 11.1. The molecule has 1 fully saturated rings. The standard InChI is InChI=1S/C24H32N4O3.HI/c1-17-4-7-20(22(14-17)31-16-18-5-6-18)15-28-24(25-2)27-13-12-26-23(29)19-8-10-21(30-3)11-9-19;/h4,7-11,14,18H,5-6,12-13,15-16H2,1-3H3,(H,26,29)(H2,25,27,28);1H. The molecule has 7 nitrogen and oxygen atoms in total. The van der Waals surface area contributed by atoms with Crippen molar-refractivity contribution in [2.75, 3.05) is 33.9 Å². The molecule has 174 valence electrons. The molecule has 3 rings (SSSR count). The van der Waals surface area contributed by atoms with Gasteiger partial charge in [0.15, 0.2) is 5.96 Å². The highest BCUT2D eigenvalue weighted by atomic mass is 127. The summed E-state index contributed by atoms with van der Waals surface area (Å²) in [7, 11) is 3.33. The van der Waals surface area contributed by atoms with Crippen LogP contribution in [0.2, 0.25) is 0 Å². The van der Waals surface area contributed by atoms with Crippen molar-refractivity contribution in [3.05, 3.63) is 59.2 Å². The Morgan fingerprint density at radius 2 is 1.78 bits per heavy atom. The topological polar surface area (TPSA) is 84.0 Å². The van der Waals surface area contributed by atoms with Crippen LogP contribution >= 0.6 is 24.0 Å². The minimum Gasteiger partial charge on any atom is -0.497 e. The van der Waals surface area contributed by atoms with Crippen LogP contribution in [-0.2, 0) is 6.54 Å². The molecule has 0 aliphatic heterocycles. The maximum atomic E-state index is 12.2. The lowest BCUT2D eigenvalue weighted by atomic mass is 10.1. The zero-order valence-electron chi connectivity index (χ0n) is 18.9. The van der Waals surface area contributed by atoms with Gasteiger partial charge in [0, 0.05) is 37.8 Å². The lowest BCUT2D eigenvalue weighted by molar-refractivity contribution is 0.0954. The molecule has 0 atom stereocenters. The van der Waals surface area contributed by atoms with Crippen molar-refractivity contribution >= 4 is 35.8 Å². The average molecular weight is 552 g/mol. The van der Waals surface area contributed by atoms with Crippen LogP contribution in [0.1, 0.15) is 34.3 Å². The molecule has 3 N–H and O–H groups in total. The fourth-order valence-electron chi connectivity index (χ4n) is 3.04. The number of aryl methyl sites for hydroxylation is 1. The molecule has 0 aromatic heterocycles. The lowest BCUT2D eigenvalue weighted by Crippen LogP contribution is -2.41. The zero-order chi connectivity index (χ0) is 22.1. The van der Waals surface area contributed by atoms with Gasteiger partial charge in [-0.3, -0.25) is 9.79 Å². The van der Waals surface area contributed by atoms with Gasteiger partial charge in [0.1, 0.15) is 11.5 Å². The second-order valence-electron chi connectivity index (χ2n) is 7.70. The maximum absolute atomic E-state index is 12.2. The van der Waals surface area contributed by atoms with E-state index in [0.717, 1.165) is 23.7 Å². The Labute approximate surface area is 207 Å². The number of rotatable bonds is 10. The van der Waals surface area contributed by atoms with Gasteiger partial charge in [0.2, 0.25) is 0 Å². The minimum atomic E-state index is -0.121. The van der Waals surface area contributed by atoms with E-state index in [0.29, 0.717) is 37.1 Å². The molecule has 1 aliphatic carbocycles. The van der Waals surface area contributed by atoms with Crippen LogP contribution in [0.3, 0.4) is 0 Å². The van der Waals surface area contributed by atoms with E-state index in [1.54, 1.807) is 38.4 Å². The van der Waals surface area contributed by atoms with Crippen LogP contribution in [-0.4, -0.2) is 45.7 Å². The summed E-state index contributed by atoms with van der Waals surface area (Å²) in [6.07, 6.45) is 2.54. The molecule has 1 amide bonds. The van der Waals surface area contributed by atoms with Gasteiger partial charge in [0.05, 0.1) is 13.7 Å². The van der Waals surface area contributed by atoms with Crippen LogP contribution < -0.4 is 25.4 Å². The quantitative estimate of drug-likeness (QED) is 0.182. The third-order valence-corrected chi connectivity index (χ3v) is 5.12. The summed E-state index contributed by atoms with van der Waals surface area (Å²) in [5.74, 6) is 2.92. The molecule has 8 heteroatoms. The number of guanidine groups is 1. The largest absolute Gasteiger partial charge is 0.497 e. The van der Waals surface area contributed by atoms with Crippen LogP contribution in [0.4, 0.5) is 0 Å². The van der Waals surface area contributed by atoms with Crippen molar-refractivity contribution in [3.63, 3.8) is 0 Å². The van der Waals surface area contributed by atoms with E-state index in [9.17, 15) is 4.79 Å². The number of nitrogens with one attached hydrogen (secondary N) is 3. The Hall–Kier alpha value is -2.49. The highest BCUT2D eigenvalue weighted by Crippen LogP contribution is 2.30. The lowest BCUT2D eigenvalue weighted by Gasteiger charge is -2.15. The van der Waals surface area contributed by atoms with Crippen molar-refractivity contribution in [2.45, 2.75) is 26.3 Å². The van der Waals surface area contributed by atoms with Gasteiger partial charge in [-0.05, 0) is 61.6 Å². The molecule has 2 aromatic carbocycles. The van der Waals surface area contributed by atoms with Crippen molar-refractivity contribution in [3.8, 4) is 11.5 Å². The summed E-state index contributed by atoms with van der Waals surface area (Å²) in [4.78, 5) is 16.5. The predicted octanol–water partition coefficient (Wildman–Crippen LogP) is 3.51. The molecular formula is C24H33IN4O3. The molecule has 0 spiro atoms. The van der Waals surface area contributed by atoms with Crippen molar-refractivity contribution in [1.29, 1.82) is 0 Å². The molecule has 1 aliphatic rings. The summed E-state index contributed by atoms with van der Waals surface area (Å²) in [5, 5.41) is 9.43. The number of nitrogens with zero attached hydrogens (tertiary/aromatic N) is 1. The molecule has 0 saturated heterocycles. The summed E-state index contributed by atoms with van der Waals surface area (Å²) in [6.45, 7) is 4.50. The van der Waals surface area contributed by atoms with Gasteiger partial charge in [-0.1, -0.05) is 12.1 Å². The zero-order valence-corrected chi connectivity index (χ0v) is 21.3. The first-order valence-electron chi connectivity index (χ1n) is 10.7. The minimum absolute atomic E-state index is 0. The van der Waals surface area contributed by atoms with Crippen molar-refractivity contribution < 1.29 is 14.3 Å². The van der Waals surface area contributed by atoms with Gasteiger partial charge in [-0.2, -0.15) is 0 Å². The van der Waals surface area contributed by atoms with E-state index >= 15 is 0 Å². The van der Waals surface area contributed by atoms with Gasteiger partial charge in [-0.15, -0.1) is 24.0 Å². The summed E-state index contributed by atoms with van der Waals surface area (Å²) in [6, 6.07) is 13.3. The third-order valence-electron chi connectivity index (χ3n) is 5.12. The van der Waals surface area contributed by atoms with E-state index in [4.69, 9.17) is 9.47 Å². The Kier molecular flexibility index (Phi) is 10.6. The Balaban J connectivity index is 0.00000363. The summed E-state index contributed by atoms with van der Waals surface area (Å²) >= 11 is 0. The normalized spacial score (nSPS) is 13.0. The molecule has 2 aromatic rings. The second kappa shape index (κ2) is 13.1. The molecule has 0 bridgehead atoms. The number of benzene rings is 2. The number of carbonyl (C=O) groups is 1. The highest BCUT2D eigenvalue weighted by molar-refractivity contribution is 14.0. The average Bonchev–Trinajstić information content (AvgIpc) is 3.62. The first-order chi connectivity index (χ1) is 15.1. The van der Waals surface area contributed by atoms with Gasteiger partial charge >= 0.3 is 0 Å². The van der Waals surface area contributed by atoms with Crippen LogP contribution in [0, 0.1) is 12.8 Å². The monoisotopic (exact) mass is 552 g/mol. The van der Waals surface area contributed by atoms with Crippen molar-refractivity contribution in [2.24, 2.45) is 10.9 Å². The Bertz CT molecular complexity index is 899. The van der Waals surface area contributed by atoms with Gasteiger partial charge in [-0.25, -0.2) is 0 Å². The number of ether oxygens (including phenoxy) is 2. The first-order valence-corrected chi connectivity index (χ1v) is 10.7. The number of carbonyl (C=O) groups excluding carboxylic acids is 1. The van der Waals surface area contributed by atoms with Gasteiger partial charge < -0.3 is 25.4 Å². The molecule has 0 heterocycles. The number of methoxy groups -OCH3 is 1. The van der Waals surface area contributed by atoms with Crippen LogP contribution in [0.15, 0.2) is 47.5 Å². The summed E-state index contributed by atoms with van der Waals surface area (Å²) in [5.41, 5.74) is 2.88. The van der Waals surface area contributed by atoms with E-state index < -0.39 is 0 Å². The maximum Gasteiger partial charge on any atom is 0.251 e. The van der Waals surface area contributed by atoms with E-state index in [2.05, 4.69) is 46.1 Å². The highest BCUT2D eigenvalue weighted by Gasteiger charge is 2.22. The van der Waals surface area contributed by atoms with Crippen molar-refractivity contribution in [1.82, 2.24) is 16.0 Å². The molecular weight excluding hydrogens is 519 g/mol. The van der Waals surface area contributed by atoms with E-state index in [1.165, 1.54) is 18.4 Å². The van der Waals surface area contributed by atoms with E-state index in [-0.39, 0.29) is 29.9 Å². The SMILES string of the molecule is CN=C(NCCNC(=O)c1ccc(OC)cc1)NCc1ccc(C)cc1OCC1CC1.I. The number of halogens is 1. The molecule has 0 unspecified atom stereocenters. The number of aliphatic imine (C=N–C) groups is 1. The fraction of sp³-hybridized carbons (Fsp3) is 0.417. The smallest absolute Gasteiger partial charge is 0.251 e. The predicted molar refractivity (Wildman–Crippen MR) is 138 cm³/mol.